The molecule has 2 aliphatic heterocycles. The molecule has 0 aromatic heterocycles. The summed E-state index contributed by atoms with van der Waals surface area (Å²) < 4.78 is 34.5. The van der Waals surface area contributed by atoms with Gasteiger partial charge in [0.2, 0.25) is 10.0 Å². The molecule has 1 saturated carbocycles. The third kappa shape index (κ3) is 6.55. The topological polar surface area (TPSA) is 95.9 Å². The van der Waals surface area contributed by atoms with Gasteiger partial charge in [-0.2, -0.15) is 0 Å². The fraction of sp³-hybridized carbons (Fsp3) is 0.567. The number of nitrogens with one attached hydrogen (secondary N) is 1. The van der Waals surface area contributed by atoms with Crippen molar-refractivity contribution in [2.75, 3.05) is 18.0 Å². The van der Waals surface area contributed by atoms with Gasteiger partial charge in [0.25, 0.3) is 5.91 Å². The van der Waals surface area contributed by atoms with Crippen LogP contribution in [0.15, 0.2) is 36.4 Å². The average molecular weight is 575 g/mol. The lowest BCUT2D eigenvalue weighted by molar-refractivity contribution is 0.00935. The first kappa shape index (κ1) is 28.2. The molecular weight excluding hydrogens is 536 g/mol. The quantitative estimate of drug-likeness (QED) is 0.433. The van der Waals surface area contributed by atoms with Gasteiger partial charge in [-0.25, -0.2) is 13.1 Å². The van der Waals surface area contributed by atoms with Crippen molar-refractivity contribution in [2.24, 2.45) is 11.8 Å². The van der Waals surface area contributed by atoms with Gasteiger partial charge >= 0.3 is 0 Å². The molecule has 1 aliphatic carbocycles. The minimum absolute atomic E-state index is 0.236. The van der Waals surface area contributed by atoms with Gasteiger partial charge < -0.3 is 14.7 Å². The highest BCUT2D eigenvalue weighted by Gasteiger charge is 2.37. The van der Waals surface area contributed by atoms with E-state index in [9.17, 15) is 18.3 Å². The Kier molecular flexibility index (Phi) is 8.74. The summed E-state index contributed by atoms with van der Waals surface area (Å²) in [5, 5.41) is 11.0. The highest BCUT2D eigenvalue weighted by molar-refractivity contribution is 7.90. The van der Waals surface area contributed by atoms with E-state index in [1.165, 1.54) is 5.56 Å². The maximum Gasteiger partial charge on any atom is 0.264 e. The Balaban J connectivity index is 1.52. The summed E-state index contributed by atoms with van der Waals surface area (Å²) in [6.45, 7) is 3.53. The van der Waals surface area contributed by atoms with E-state index in [1.807, 2.05) is 18.2 Å². The first-order valence-corrected chi connectivity index (χ1v) is 16.2. The molecule has 5 rings (SSSR count). The van der Waals surface area contributed by atoms with E-state index in [4.69, 9.17) is 16.3 Å². The number of ether oxygens (including phenoxy) is 1. The van der Waals surface area contributed by atoms with Crippen LogP contribution in [-0.4, -0.2) is 43.9 Å². The van der Waals surface area contributed by atoms with Crippen molar-refractivity contribution in [3.63, 3.8) is 0 Å². The molecule has 9 heteroatoms. The second-order valence-electron chi connectivity index (χ2n) is 11.4. The number of aryl methyl sites for hydroxylation is 1. The summed E-state index contributed by atoms with van der Waals surface area (Å²) in [5.74, 6) is 0.629. The van der Waals surface area contributed by atoms with Gasteiger partial charge in [-0.3, -0.25) is 4.79 Å². The van der Waals surface area contributed by atoms with Crippen molar-refractivity contribution in [1.29, 1.82) is 0 Å². The predicted molar refractivity (Wildman–Crippen MR) is 154 cm³/mol. The largest absolute Gasteiger partial charge is 0.487 e. The number of carbonyl (C=O) groups excluding carboxylic acids is 1. The number of anilines is 1. The molecule has 4 atom stereocenters. The maximum absolute atomic E-state index is 13.2. The Bertz CT molecular complexity index is 1300. The zero-order valence-corrected chi connectivity index (χ0v) is 24.1. The Hall–Kier alpha value is -2.29. The van der Waals surface area contributed by atoms with Gasteiger partial charge in [-0.1, -0.05) is 30.5 Å². The Labute approximate surface area is 236 Å². The van der Waals surface area contributed by atoms with E-state index in [0.29, 0.717) is 42.6 Å². The SMILES string of the molecule is C[C@H]1CCCC[C@@H](O)[C@@H]2CC[C@H]2CN2CCCCc3cc(Cl)ccc3COc3ccc(cc32)C(=O)NS1(=O)=O. The van der Waals surface area contributed by atoms with Crippen LogP contribution in [0.2, 0.25) is 5.02 Å². The Morgan fingerprint density at radius 3 is 2.62 bits per heavy atom. The molecule has 0 radical (unpaired) electrons. The fourth-order valence-corrected chi connectivity index (χ4v) is 7.38. The molecule has 2 heterocycles. The number of nitrogens with zero attached hydrogens (tertiary/aromatic N) is 1. The van der Waals surface area contributed by atoms with Crippen LogP contribution >= 0.6 is 11.6 Å². The number of rotatable bonds is 0. The van der Waals surface area contributed by atoms with Crippen LogP contribution in [0.4, 0.5) is 5.69 Å². The smallest absolute Gasteiger partial charge is 0.264 e. The van der Waals surface area contributed by atoms with Gasteiger partial charge in [0.1, 0.15) is 12.4 Å². The normalized spacial score (nSPS) is 28.0. The molecule has 2 aromatic rings. The second-order valence-corrected chi connectivity index (χ2v) is 14.0. The second kappa shape index (κ2) is 12.1. The van der Waals surface area contributed by atoms with Crippen LogP contribution in [0.1, 0.15) is 79.8 Å². The van der Waals surface area contributed by atoms with Crippen LogP contribution in [0.3, 0.4) is 0 Å². The zero-order chi connectivity index (χ0) is 27.6. The van der Waals surface area contributed by atoms with Crippen LogP contribution < -0.4 is 14.4 Å². The number of hydrogen-bond donors (Lipinski definition) is 2. The van der Waals surface area contributed by atoms with Gasteiger partial charge in [0.15, 0.2) is 0 Å². The number of fused-ring (bicyclic) bond motifs is 3. The number of aliphatic hydroxyl groups excluding tert-OH is 1. The molecule has 2 aromatic carbocycles. The lowest BCUT2D eigenvalue weighted by Crippen LogP contribution is -2.44. The van der Waals surface area contributed by atoms with E-state index in [2.05, 4.69) is 9.62 Å². The molecule has 1 fully saturated rings. The van der Waals surface area contributed by atoms with Crippen molar-refractivity contribution in [1.82, 2.24) is 4.72 Å². The van der Waals surface area contributed by atoms with Gasteiger partial charge in [-0.15, -0.1) is 0 Å². The summed E-state index contributed by atoms with van der Waals surface area (Å²) in [6, 6.07) is 11.1. The number of carbonyl (C=O) groups is 1. The third-order valence-corrected chi connectivity index (χ3v) is 10.8. The van der Waals surface area contributed by atoms with Crippen molar-refractivity contribution in [2.45, 2.75) is 82.7 Å². The number of halogens is 1. The predicted octanol–water partition coefficient (Wildman–Crippen LogP) is 5.47. The average Bonchev–Trinajstić information content (AvgIpc) is 2.91. The zero-order valence-electron chi connectivity index (χ0n) is 22.6. The Morgan fingerprint density at radius 2 is 1.82 bits per heavy atom. The molecule has 0 unspecified atom stereocenters. The highest BCUT2D eigenvalue weighted by Crippen LogP contribution is 2.41. The number of hydrogen-bond acceptors (Lipinski definition) is 6. The van der Waals surface area contributed by atoms with Crippen molar-refractivity contribution in [3.05, 3.63) is 58.1 Å². The number of amides is 1. The number of aliphatic hydroxyl groups is 1. The van der Waals surface area contributed by atoms with E-state index < -0.39 is 21.2 Å². The molecule has 2 N–H and O–H groups in total. The Morgan fingerprint density at radius 1 is 1.00 bits per heavy atom. The van der Waals surface area contributed by atoms with E-state index in [1.54, 1.807) is 25.1 Å². The van der Waals surface area contributed by atoms with Crippen LogP contribution in [0.25, 0.3) is 0 Å². The third-order valence-electron chi connectivity index (χ3n) is 8.79. The molecule has 0 spiro atoms. The minimum Gasteiger partial charge on any atom is -0.487 e. The molecule has 1 amide bonds. The van der Waals surface area contributed by atoms with Crippen molar-refractivity contribution in [3.8, 4) is 5.75 Å². The van der Waals surface area contributed by atoms with E-state index in [-0.39, 0.29) is 17.6 Å². The van der Waals surface area contributed by atoms with E-state index in [0.717, 1.165) is 62.9 Å². The summed E-state index contributed by atoms with van der Waals surface area (Å²) in [7, 11) is -3.83. The monoisotopic (exact) mass is 574 g/mol. The van der Waals surface area contributed by atoms with Gasteiger partial charge in [0, 0.05) is 23.7 Å². The van der Waals surface area contributed by atoms with Crippen molar-refractivity contribution < 1.29 is 23.1 Å². The van der Waals surface area contributed by atoms with Crippen LogP contribution in [-0.2, 0) is 23.1 Å². The highest BCUT2D eigenvalue weighted by atomic mass is 35.5. The van der Waals surface area contributed by atoms with Gasteiger partial charge in [-0.05, 0) is 105 Å². The first-order chi connectivity index (χ1) is 18.7. The molecule has 39 heavy (non-hydrogen) atoms. The maximum atomic E-state index is 13.2. The lowest BCUT2D eigenvalue weighted by Gasteiger charge is -2.43. The first-order valence-electron chi connectivity index (χ1n) is 14.2. The number of benzene rings is 2. The summed E-state index contributed by atoms with van der Waals surface area (Å²) in [5.41, 5.74) is 3.34. The van der Waals surface area contributed by atoms with Gasteiger partial charge in [0.05, 0.1) is 17.0 Å². The van der Waals surface area contributed by atoms with E-state index >= 15 is 0 Å². The summed E-state index contributed by atoms with van der Waals surface area (Å²) >= 11 is 6.29. The molecule has 3 aliphatic rings. The fourth-order valence-electron chi connectivity index (χ4n) is 6.13. The molecule has 2 bridgehead atoms. The molecule has 7 nitrogen and oxygen atoms in total. The molecule has 212 valence electrons. The molecule has 0 saturated heterocycles. The number of sulfonamides is 1. The standard InChI is InChI=1S/C30H39ClN2O5S/c1-20-6-2-3-8-28(34)26-13-10-23(26)18-33-15-5-4-7-21-16-25(31)12-9-24(21)19-38-29-14-11-22(17-27(29)33)30(35)32-39(20,36)37/h9,11-12,14,16-17,20,23,26,28,34H,2-8,10,13,15,18-19H2,1H3,(H,32,35)/t20-,23-,26+,28+/m0/s1. The summed E-state index contributed by atoms with van der Waals surface area (Å²) in [4.78, 5) is 15.4. The summed E-state index contributed by atoms with van der Waals surface area (Å²) in [6.07, 6.45) is 7.09. The van der Waals surface area contributed by atoms with Crippen molar-refractivity contribution >= 4 is 33.2 Å². The lowest BCUT2D eigenvalue weighted by atomic mass is 9.69. The van der Waals surface area contributed by atoms with Crippen LogP contribution in [0.5, 0.6) is 5.75 Å². The van der Waals surface area contributed by atoms with Crippen LogP contribution in [0, 0.1) is 11.8 Å². The molecular formula is C30H39ClN2O5S. The minimum atomic E-state index is -3.83.